The number of carbonyl (C=O) groups is 1. The number of hydrogen-bond donors (Lipinski definition) is 0. The average Bonchev–Trinajstić information content (AvgIpc) is 2.39. The maximum Gasteiger partial charge on any atom is 0.161 e. The Morgan fingerprint density at radius 1 is 1.24 bits per heavy atom. The summed E-state index contributed by atoms with van der Waals surface area (Å²) in [6.45, 7) is 0.207. The second-order valence-electron chi connectivity index (χ2n) is 3.99. The lowest BCUT2D eigenvalue weighted by atomic mass is 10.0. The smallest absolute Gasteiger partial charge is 0.161 e. The van der Waals surface area contributed by atoms with E-state index in [-0.39, 0.29) is 18.5 Å². The Morgan fingerprint density at radius 2 is 2.00 bits per heavy atom. The largest absolute Gasteiger partial charge is 0.493 e. The molecule has 92 valence electrons. The van der Waals surface area contributed by atoms with Crippen molar-refractivity contribution in [2.75, 3.05) is 20.8 Å². The summed E-state index contributed by atoms with van der Waals surface area (Å²) >= 11 is 0. The van der Waals surface area contributed by atoms with Crippen LogP contribution in [0.2, 0.25) is 0 Å². The van der Waals surface area contributed by atoms with Crippen LogP contribution in [-0.2, 0) is 9.53 Å². The predicted octanol–water partition coefficient (Wildman–Crippen LogP) is 2.12. The van der Waals surface area contributed by atoms with E-state index in [2.05, 4.69) is 0 Å². The third-order valence-corrected chi connectivity index (χ3v) is 2.91. The Labute approximate surface area is 100 Å². The molecule has 1 aliphatic heterocycles. The van der Waals surface area contributed by atoms with Crippen LogP contribution in [0.4, 0.5) is 0 Å². The van der Waals surface area contributed by atoms with Gasteiger partial charge >= 0.3 is 0 Å². The maximum atomic E-state index is 11.1. The van der Waals surface area contributed by atoms with Crippen LogP contribution in [0.5, 0.6) is 11.5 Å². The van der Waals surface area contributed by atoms with E-state index < -0.39 is 0 Å². The minimum absolute atomic E-state index is 0.0208. The first-order chi connectivity index (χ1) is 8.24. The zero-order valence-electron chi connectivity index (χ0n) is 10.1. The summed E-state index contributed by atoms with van der Waals surface area (Å²) in [5, 5.41) is 0. The molecule has 0 radical (unpaired) electrons. The zero-order chi connectivity index (χ0) is 12.3. The van der Waals surface area contributed by atoms with Crippen molar-refractivity contribution in [1.29, 1.82) is 0 Å². The Hall–Kier alpha value is -1.55. The summed E-state index contributed by atoms with van der Waals surface area (Å²) < 4.78 is 15.9. The third-order valence-electron chi connectivity index (χ3n) is 2.91. The number of Topliss-reactive ketones (excluding diaryl/α,β-unsaturated/α-hetero) is 1. The van der Waals surface area contributed by atoms with Crippen LogP contribution in [0.15, 0.2) is 18.2 Å². The van der Waals surface area contributed by atoms with E-state index in [4.69, 9.17) is 14.2 Å². The fraction of sp³-hybridized carbons (Fsp3) is 0.462. The average molecular weight is 236 g/mol. The fourth-order valence-electron chi connectivity index (χ4n) is 1.96. The van der Waals surface area contributed by atoms with Gasteiger partial charge in [-0.3, -0.25) is 4.79 Å². The monoisotopic (exact) mass is 236 g/mol. The highest BCUT2D eigenvalue weighted by Crippen LogP contribution is 2.33. The number of ether oxygens (including phenoxy) is 3. The number of methoxy groups -OCH3 is 2. The second-order valence-corrected chi connectivity index (χ2v) is 3.99. The van der Waals surface area contributed by atoms with Crippen molar-refractivity contribution < 1.29 is 19.0 Å². The highest BCUT2D eigenvalue weighted by Gasteiger charge is 2.21. The van der Waals surface area contributed by atoms with Crippen molar-refractivity contribution in [2.24, 2.45) is 0 Å². The Bertz CT molecular complexity index is 404. The van der Waals surface area contributed by atoms with Crippen LogP contribution in [0.3, 0.4) is 0 Å². The van der Waals surface area contributed by atoms with Gasteiger partial charge in [-0.15, -0.1) is 0 Å². The first-order valence-corrected chi connectivity index (χ1v) is 5.60. The lowest BCUT2D eigenvalue weighted by Crippen LogP contribution is -2.20. The Kier molecular flexibility index (Phi) is 3.64. The topological polar surface area (TPSA) is 44.8 Å². The Balaban J connectivity index is 2.18. The van der Waals surface area contributed by atoms with Crippen LogP contribution >= 0.6 is 0 Å². The molecule has 0 aliphatic carbocycles. The molecule has 1 atom stereocenters. The van der Waals surface area contributed by atoms with Gasteiger partial charge in [-0.25, -0.2) is 0 Å². The van der Waals surface area contributed by atoms with Gasteiger partial charge in [0.15, 0.2) is 17.3 Å². The molecule has 1 fully saturated rings. The van der Waals surface area contributed by atoms with E-state index in [0.29, 0.717) is 17.9 Å². The quantitative estimate of drug-likeness (QED) is 0.806. The van der Waals surface area contributed by atoms with Crippen molar-refractivity contribution in [1.82, 2.24) is 0 Å². The molecule has 2 rings (SSSR count). The van der Waals surface area contributed by atoms with Crippen LogP contribution < -0.4 is 9.47 Å². The van der Waals surface area contributed by atoms with E-state index in [1.54, 1.807) is 14.2 Å². The molecule has 0 saturated carbocycles. The molecule has 1 aliphatic rings. The van der Waals surface area contributed by atoms with E-state index in [0.717, 1.165) is 12.0 Å². The summed E-state index contributed by atoms with van der Waals surface area (Å²) in [6, 6.07) is 5.70. The molecule has 0 spiro atoms. The summed E-state index contributed by atoms with van der Waals surface area (Å²) in [7, 11) is 3.21. The predicted molar refractivity (Wildman–Crippen MR) is 62.5 cm³/mol. The standard InChI is InChI=1S/C13H16O4/c1-15-12-5-3-9(7-13(12)16-2)11-6-4-10(14)8-17-11/h3,5,7,11H,4,6,8H2,1-2H3. The molecular weight excluding hydrogens is 220 g/mol. The van der Waals surface area contributed by atoms with Gasteiger partial charge in [0.05, 0.1) is 20.3 Å². The van der Waals surface area contributed by atoms with Crippen molar-refractivity contribution >= 4 is 5.78 Å². The first kappa shape index (κ1) is 11.9. The molecular formula is C13H16O4. The molecule has 4 heteroatoms. The van der Waals surface area contributed by atoms with E-state index in [9.17, 15) is 4.79 Å². The van der Waals surface area contributed by atoms with Gasteiger partial charge in [0.1, 0.15) is 6.61 Å². The number of benzene rings is 1. The van der Waals surface area contributed by atoms with Crippen LogP contribution in [0.25, 0.3) is 0 Å². The van der Waals surface area contributed by atoms with E-state index in [1.807, 2.05) is 18.2 Å². The molecule has 4 nitrogen and oxygen atoms in total. The van der Waals surface area contributed by atoms with Gasteiger partial charge in [0.25, 0.3) is 0 Å². The first-order valence-electron chi connectivity index (χ1n) is 5.60. The van der Waals surface area contributed by atoms with E-state index >= 15 is 0 Å². The highest BCUT2D eigenvalue weighted by molar-refractivity contribution is 5.80. The summed E-state index contributed by atoms with van der Waals surface area (Å²) in [6.07, 6.45) is 1.29. The molecule has 17 heavy (non-hydrogen) atoms. The van der Waals surface area contributed by atoms with Gasteiger partial charge in [0.2, 0.25) is 0 Å². The van der Waals surface area contributed by atoms with Gasteiger partial charge in [-0.1, -0.05) is 6.07 Å². The number of ketones is 1. The van der Waals surface area contributed by atoms with Crippen molar-refractivity contribution in [3.05, 3.63) is 23.8 Å². The van der Waals surface area contributed by atoms with Crippen LogP contribution in [-0.4, -0.2) is 26.6 Å². The lowest BCUT2D eigenvalue weighted by Gasteiger charge is -2.22. The molecule has 1 saturated heterocycles. The molecule has 0 amide bonds. The fourth-order valence-corrected chi connectivity index (χ4v) is 1.96. The van der Waals surface area contributed by atoms with Gasteiger partial charge in [0, 0.05) is 6.42 Å². The van der Waals surface area contributed by atoms with Crippen LogP contribution in [0, 0.1) is 0 Å². The minimum atomic E-state index is -0.0208. The summed E-state index contributed by atoms with van der Waals surface area (Å²) in [4.78, 5) is 11.1. The van der Waals surface area contributed by atoms with Gasteiger partial charge < -0.3 is 14.2 Å². The second kappa shape index (κ2) is 5.19. The number of carbonyl (C=O) groups excluding carboxylic acids is 1. The van der Waals surface area contributed by atoms with Crippen molar-refractivity contribution in [3.63, 3.8) is 0 Å². The van der Waals surface area contributed by atoms with Crippen LogP contribution in [0.1, 0.15) is 24.5 Å². The molecule has 1 aromatic rings. The minimum Gasteiger partial charge on any atom is -0.493 e. The third kappa shape index (κ3) is 2.58. The molecule has 1 aromatic carbocycles. The number of rotatable bonds is 3. The lowest BCUT2D eigenvalue weighted by molar-refractivity contribution is -0.131. The maximum absolute atomic E-state index is 11.1. The SMILES string of the molecule is COc1ccc(C2CCC(=O)CO2)cc1OC. The zero-order valence-corrected chi connectivity index (χ0v) is 10.1. The van der Waals surface area contributed by atoms with Crippen molar-refractivity contribution in [2.45, 2.75) is 18.9 Å². The number of hydrogen-bond acceptors (Lipinski definition) is 4. The summed E-state index contributed by atoms with van der Waals surface area (Å²) in [5.74, 6) is 1.55. The Morgan fingerprint density at radius 3 is 2.59 bits per heavy atom. The van der Waals surface area contributed by atoms with E-state index in [1.165, 1.54) is 0 Å². The summed E-state index contributed by atoms with van der Waals surface area (Å²) in [5.41, 5.74) is 1.02. The normalized spacial score (nSPS) is 20.1. The molecule has 0 aromatic heterocycles. The molecule has 1 unspecified atom stereocenters. The van der Waals surface area contributed by atoms with Crippen molar-refractivity contribution in [3.8, 4) is 11.5 Å². The van der Waals surface area contributed by atoms with Gasteiger partial charge in [-0.2, -0.15) is 0 Å². The highest BCUT2D eigenvalue weighted by atomic mass is 16.5. The van der Waals surface area contributed by atoms with Gasteiger partial charge in [-0.05, 0) is 24.1 Å². The molecule has 0 bridgehead atoms. The molecule has 1 heterocycles. The molecule has 0 N–H and O–H groups in total.